The summed E-state index contributed by atoms with van der Waals surface area (Å²) in [5.41, 5.74) is 7.84. The number of nitrogens with one attached hydrogen (secondary N) is 1. The largest absolute Gasteiger partial charge is 0.370 e. The minimum atomic E-state index is -3.33. The van der Waals surface area contributed by atoms with E-state index < -0.39 is 9.84 Å². The molecule has 2 aromatic rings. The fraction of sp³-hybridized carbons (Fsp3) is 0.235. The van der Waals surface area contributed by atoms with Crippen LogP contribution >= 0.6 is 0 Å². The first-order valence-electron chi connectivity index (χ1n) is 7.45. The molecule has 0 aliphatic carbocycles. The zero-order chi connectivity index (χ0) is 16.7. The van der Waals surface area contributed by atoms with Gasteiger partial charge in [0.2, 0.25) is 0 Å². The number of rotatable bonds is 6. The summed E-state index contributed by atoms with van der Waals surface area (Å²) in [7, 11) is -3.33. The van der Waals surface area contributed by atoms with Crippen molar-refractivity contribution in [2.24, 2.45) is 10.7 Å². The summed E-state index contributed by atoms with van der Waals surface area (Å²) < 4.78 is 24.3. The van der Waals surface area contributed by atoms with Crippen LogP contribution in [0, 0.1) is 0 Å². The van der Waals surface area contributed by atoms with E-state index in [-0.39, 0.29) is 18.3 Å². The summed E-state index contributed by atoms with van der Waals surface area (Å²) >= 11 is 0. The lowest BCUT2D eigenvalue weighted by atomic mass is 10.1. The van der Waals surface area contributed by atoms with Crippen LogP contribution in [-0.2, 0) is 16.3 Å². The molecule has 0 aromatic heterocycles. The molecule has 0 saturated carbocycles. The second kappa shape index (κ2) is 7.78. The molecule has 0 aliphatic heterocycles. The molecule has 3 N–H and O–H groups in total. The molecule has 0 aliphatic rings. The molecule has 23 heavy (non-hydrogen) atoms. The number of sulfone groups is 1. The second-order valence-corrected chi connectivity index (χ2v) is 7.19. The highest BCUT2D eigenvalue weighted by Gasteiger charge is 2.12. The van der Waals surface area contributed by atoms with Crippen molar-refractivity contribution in [3.63, 3.8) is 0 Å². The monoisotopic (exact) mass is 331 g/mol. The highest BCUT2D eigenvalue weighted by Crippen LogP contribution is 2.11. The fourth-order valence-corrected chi connectivity index (χ4v) is 3.23. The summed E-state index contributed by atoms with van der Waals surface area (Å²) in [6.07, 6.45) is 0.932. The number of nitrogens with zero attached hydrogens (tertiary/aromatic N) is 1. The van der Waals surface area contributed by atoms with Gasteiger partial charge >= 0.3 is 0 Å². The molecule has 6 heteroatoms. The van der Waals surface area contributed by atoms with E-state index in [1.54, 1.807) is 30.3 Å². The summed E-state index contributed by atoms with van der Waals surface area (Å²) in [4.78, 5) is 4.39. The Morgan fingerprint density at radius 1 is 1.13 bits per heavy atom. The third kappa shape index (κ3) is 5.10. The van der Waals surface area contributed by atoms with Crippen molar-refractivity contribution in [2.45, 2.75) is 18.2 Å². The topological polar surface area (TPSA) is 84.5 Å². The van der Waals surface area contributed by atoms with Gasteiger partial charge in [0.1, 0.15) is 0 Å². The molecule has 5 nitrogen and oxygen atoms in total. The van der Waals surface area contributed by atoms with Gasteiger partial charge in [0.15, 0.2) is 15.8 Å². The number of hydrogen-bond acceptors (Lipinski definition) is 3. The Morgan fingerprint density at radius 2 is 1.87 bits per heavy atom. The molecule has 122 valence electrons. The molecule has 0 fully saturated rings. The molecule has 0 heterocycles. The quantitative estimate of drug-likeness (QED) is 0.629. The Balaban J connectivity index is 1.94. The Kier molecular flexibility index (Phi) is 5.76. The van der Waals surface area contributed by atoms with Gasteiger partial charge < -0.3 is 11.1 Å². The van der Waals surface area contributed by atoms with E-state index in [1.165, 1.54) is 5.56 Å². The van der Waals surface area contributed by atoms with Gasteiger partial charge in [0, 0.05) is 5.69 Å². The zero-order valence-corrected chi connectivity index (χ0v) is 13.9. The minimum absolute atomic E-state index is 0.0750. The number of guanidine groups is 1. The highest BCUT2D eigenvalue weighted by molar-refractivity contribution is 7.91. The van der Waals surface area contributed by atoms with Crippen LogP contribution < -0.4 is 11.1 Å². The van der Waals surface area contributed by atoms with Crippen molar-refractivity contribution in [1.82, 2.24) is 0 Å². The molecule has 2 rings (SSSR count). The van der Waals surface area contributed by atoms with E-state index in [0.29, 0.717) is 4.90 Å². The summed E-state index contributed by atoms with van der Waals surface area (Å²) in [6, 6.07) is 16.2. The lowest BCUT2D eigenvalue weighted by molar-refractivity contribution is 0.596. The lowest BCUT2D eigenvalue weighted by Gasteiger charge is -2.07. The average Bonchev–Trinajstić information content (AvgIpc) is 2.55. The molecule has 0 unspecified atom stereocenters. The smallest absolute Gasteiger partial charge is 0.193 e. The van der Waals surface area contributed by atoms with Crippen LogP contribution in [0.5, 0.6) is 0 Å². The maximum absolute atomic E-state index is 12.1. The molecule has 0 atom stereocenters. The van der Waals surface area contributed by atoms with Crippen molar-refractivity contribution in [1.29, 1.82) is 0 Å². The van der Waals surface area contributed by atoms with Crippen LogP contribution in [0.25, 0.3) is 0 Å². The normalized spacial score (nSPS) is 12.1. The number of aryl methyl sites for hydroxylation is 1. The van der Waals surface area contributed by atoms with Gasteiger partial charge in [0.25, 0.3) is 0 Å². The molecule has 0 saturated heterocycles. The third-order valence-corrected chi connectivity index (χ3v) is 5.06. The maximum atomic E-state index is 12.1. The van der Waals surface area contributed by atoms with Crippen LogP contribution in [0.3, 0.4) is 0 Å². The molecular weight excluding hydrogens is 310 g/mol. The number of benzene rings is 2. The number of hydrogen-bond donors (Lipinski definition) is 2. The second-order valence-electron chi connectivity index (χ2n) is 5.08. The van der Waals surface area contributed by atoms with E-state index in [1.807, 2.05) is 24.3 Å². The Hall–Kier alpha value is -2.34. The van der Waals surface area contributed by atoms with E-state index in [4.69, 9.17) is 5.73 Å². The SMILES string of the molecule is CCc1cccc(NC(N)=NCCS(=O)(=O)c2ccccc2)c1. The van der Waals surface area contributed by atoms with Gasteiger partial charge in [-0.25, -0.2) is 8.42 Å². The Morgan fingerprint density at radius 3 is 2.57 bits per heavy atom. The summed E-state index contributed by atoms with van der Waals surface area (Å²) in [6.45, 7) is 2.19. The van der Waals surface area contributed by atoms with Crippen molar-refractivity contribution in [3.05, 3.63) is 60.2 Å². The van der Waals surface area contributed by atoms with Gasteiger partial charge in [-0.1, -0.05) is 37.3 Å². The van der Waals surface area contributed by atoms with Crippen molar-refractivity contribution >= 4 is 21.5 Å². The maximum Gasteiger partial charge on any atom is 0.193 e. The first-order valence-corrected chi connectivity index (χ1v) is 9.10. The van der Waals surface area contributed by atoms with E-state index in [2.05, 4.69) is 17.2 Å². The van der Waals surface area contributed by atoms with Gasteiger partial charge in [-0.2, -0.15) is 0 Å². The summed E-state index contributed by atoms with van der Waals surface area (Å²) in [5.74, 6) is 0.135. The zero-order valence-electron chi connectivity index (χ0n) is 13.1. The predicted molar refractivity (Wildman–Crippen MR) is 94.4 cm³/mol. The molecule has 0 radical (unpaired) electrons. The van der Waals surface area contributed by atoms with Crippen molar-refractivity contribution in [3.8, 4) is 0 Å². The van der Waals surface area contributed by atoms with Crippen molar-refractivity contribution < 1.29 is 8.42 Å². The van der Waals surface area contributed by atoms with Gasteiger partial charge in [-0.05, 0) is 36.2 Å². The predicted octanol–water partition coefficient (Wildman–Crippen LogP) is 2.45. The number of anilines is 1. The van der Waals surface area contributed by atoms with Gasteiger partial charge in [-0.15, -0.1) is 0 Å². The number of aliphatic imine (C=N–C) groups is 1. The Bertz CT molecular complexity index is 771. The van der Waals surface area contributed by atoms with E-state index in [0.717, 1.165) is 12.1 Å². The van der Waals surface area contributed by atoms with E-state index >= 15 is 0 Å². The Labute approximate surface area is 137 Å². The van der Waals surface area contributed by atoms with Gasteiger partial charge in [-0.3, -0.25) is 4.99 Å². The van der Waals surface area contributed by atoms with Crippen LogP contribution in [-0.4, -0.2) is 26.7 Å². The molecule has 0 amide bonds. The molecule has 0 bridgehead atoms. The first-order chi connectivity index (χ1) is 11.0. The average molecular weight is 331 g/mol. The van der Waals surface area contributed by atoms with Crippen LogP contribution in [0.2, 0.25) is 0 Å². The van der Waals surface area contributed by atoms with Gasteiger partial charge in [0.05, 0.1) is 17.2 Å². The van der Waals surface area contributed by atoms with Crippen LogP contribution in [0.15, 0.2) is 64.5 Å². The minimum Gasteiger partial charge on any atom is -0.370 e. The molecule has 2 aromatic carbocycles. The van der Waals surface area contributed by atoms with Crippen molar-refractivity contribution in [2.75, 3.05) is 17.6 Å². The van der Waals surface area contributed by atoms with Crippen LogP contribution in [0.1, 0.15) is 12.5 Å². The van der Waals surface area contributed by atoms with E-state index in [9.17, 15) is 8.42 Å². The third-order valence-electron chi connectivity index (χ3n) is 3.35. The first kappa shape index (κ1) is 17.0. The highest BCUT2D eigenvalue weighted by atomic mass is 32.2. The molecule has 0 spiro atoms. The number of nitrogens with two attached hydrogens (primary N) is 1. The summed E-state index contributed by atoms with van der Waals surface area (Å²) in [5, 5.41) is 2.98. The fourth-order valence-electron chi connectivity index (χ4n) is 2.09. The lowest BCUT2D eigenvalue weighted by Crippen LogP contribution is -2.24. The van der Waals surface area contributed by atoms with Crippen LogP contribution in [0.4, 0.5) is 5.69 Å². The standard InChI is InChI=1S/C17H21N3O2S/c1-2-14-7-6-8-15(13-14)20-17(18)19-11-12-23(21,22)16-9-4-3-5-10-16/h3-10,13H,2,11-12H2,1H3,(H3,18,19,20). The molecular formula is C17H21N3O2S.